The zero-order chi connectivity index (χ0) is 18.1. The Bertz CT molecular complexity index is 987. The first-order valence-electron chi connectivity index (χ1n) is 9.23. The molecule has 3 aromatic rings. The molecule has 1 aliphatic heterocycles. The molecule has 5 heteroatoms. The number of piperazine rings is 1. The van der Waals surface area contributed by atoms with Crippen LogP contribution < -0.4 is 15.4 Å². The van der Waals surface area contributed by atoms with Crippen LogP contribution in [0, 0.1) is 13.8 Å². The van der Waals surface area contributed by atoms with Crippen molar-refractivity contribution in [2.75, 3.05) is 31.1 Å². The number of benzene rings is 1. The summed E-state index contributed by atoms with van der Waals surface area (Å²) in [5.41, 5.74) is 5.35. The van der Waals surface area contributed by atoms with E-state index >= 15 is 0 Å². The maximum Gasteiger partial charge on any atom is 0.258 e. The third-order valence-electron chi connectivity index (χ3n) is 5.22. The van der Waals surface area contributed by atoms with Crippen LogP contribution in [0.4, 0.5) is 5.69 Å². The molecule has 26 heavy (non-hydrogen) atoms. The van der Waals surface area contributed by atoms with Crippen molar-refractivity contribution in [3.8, 4) is 0 Å². The van der Waals surface area contributed by atoms with Crippen LogP contribution in [-0.4, -0.2) is 35.6 Å². The van der Waals surface area contributed by atoms with Gasteiger partial charge in [0.25, 0.3) is 5.56 Å². The summed E-state index contributed by atoms with van der Waals surface area (Å²) in [5, 5.41) is 0. The third-order valence-corrected chi connectivity index (χ3v) is 5.22. The average Bonchev–Trinajstić information content (AvgIpc) is 2.64. The molecule has 0 unspecified atom stereocenters. The Morgan fingerprint density at radius 2 is 1.85 bits per heavy atom. The molecule has 134 valence electrons. The van der Waals surface area contributed by atoms with Crippen LogP contribution in [-0.2, 0) is 6.54 Å². The number of rotatable bonds is 3. The lowest BCUT2D eigenvalue weighted by molar-refractivity contribution is -0.914. The minimum atomic E-state index is 0.00615. The monoisotopic (exact) mass is 349 g/mol. The van der Waals surface area contributed by atoms with E-state index in [-0.39, 0.29) is 5.56 Å². The van der Waals surface area contributed by atoms with Gasteiger partial charge in [0.1, 0.15) is 17.9 Å². The lowest BCUT2D eigenvalue weighted by atomic mass is 10.1. The lowest BCUT2D eigenvalue weighted by Crippen LogP contribution is -3.13. The number of fused-ring (bicyclic) bond motifs is 1. The predicted molar refractivity (Wildman–Crippen MR) is 104 cm³/mol. The van der Waals surface area contributed by atoms with E-state index in [0.29, 0.717) is 0 Å². The molecule has 0 spiro atoms. The number of nitrogens with zero attached hydrogens (tertiary/aromatic N) is 3. The van der Waals surface area contributed by atoms with Gasteiger partial charge in [-0.15, -0.1) is 0 Å². The number of aromatic nitrogens is 2. The average molecular weight is 349 g/mol. The summed E-state index contributed by atoms with van der Waals surface area (Å²) in [6, 6.07) is 14.2. The Balaban J connectivity index is 1.46. The summed E-state index contributed by atoms with van der Waals surface area (Å²) in [6.07, 6.45) is 1.85. The van der Waals surface area contributed by atoms with Crippen molar-refractivity contribution in [1.29, 1.82) is 0 Å². The highest BCUT2D eigenvalue weighted by Gasteiger charge is 2.21. The summed E-state index contributed by atoms with van der Waals surface area (Å²) in [6.45, 7) is 9.15. The molecule has 1 saturated heterocycles. The summed E-state index contributed by atoms with van der Waals surface area (Å²) in [4.78, 5) is 21.0. The van der Waals surface area contributed by atoms with Crippen molar-refractivity contribution in [2.24, 2.45) is 0 Å². The summed E-state index contributed by atoms with van der Waals surface area (Å²) >= 11 is 0. The second kappa shape index (κ2) is 6.92. The number of anilines is 1. The van der Waals surface area contributed by atoms with Crippen LogP contribution in [0.2, 0.25) is 0 Å². The number of hydrogen-bond donors (Lipinski definition) is 1. The fourth-order valence-electron chi connectivity index (χ4n) is 3.76. The zero-order valence-electron chi connectivity index (χ0n) is 15.4. The van der Waals surface area contributed by atoms with Gasteiger partial charge in [0.05, 0.1) is 26.2 Å². The van der Waals surface area contributed by atoms with Crippen LogP contribution in [0.15, 0.2) is 53.5 Å². The number of quaternary nitrogens is 1. The van der Waals surface area contributed by atoms with E-state index in [0.717, 1.165) is 49.6 Å². The molecule has 1 fully saturated rings. The molecule has 0 atom stereocenters. The van der Waals surface area contributed by atoms with Gasteiger partial charge in [-0.3, -0.25) is 9.20 Å². The largest absolute Gasteiger partial charge is 0.360 e. The number of hydrogen-bond acceptors (Lipinski definition) is 3. The second-order valence-corrected chi connectivity index (χ2v) is 7.22. The molecule has 1 N–H and O–H groups in total. The molecule has 4 rings (SSSR count). The molecule has 0 aliphatic carbocycles. The van der Waals surface area contributed by atoms with Crippen LogP contribution in [0.3, 0.4) is 0 Å². The fourth-order valence-corrected chi connectivity index (χ4v) is 3.76. The Labute approximate surface area is 153 Å². The van der Waals surface area contributed by atoms with E-state index in [1.807, 2.05) is 25.3 Å². The molecule has 5 nitrogen and oxygen atoms in total. The molecule has 0 bridgehead atoms. The number of pyridine rings is 1. The SMILES string of the molecule is Cc1ccc2nc(C[NH+]3CCN(c4ccccc4C)CC3)cc(=O)n2c1. The van der Waals surface area contributed by atoms with Crippen molar-refractivity contribution < 1.29 is 4.90 Å². The van der Waals surface area contributed by atoms with Crippen molar-refractivity contribution in [2.45, 2.75) is 20.4 Å². The molecule has 3 heterocycles. The minimum Gasteiger partial charge on any atom is -0.360 e. The van der Waals surface area contributed by atoms with Crippen LogP contribution in [0.5, 0.6) is 0 Å². The van der Waals surface area contributed by atoms with Gasteiger partial charge < -0.3 is 9.80 Å². The molecule has 0 radical (unpaired) electrons. The van der Waals surface area contributed by atoms with Gasteiger partial charge in [0.15, 0.2) is 0 Å². The van der Waals surface area contributed by atoms with E-state index in [4.69, 9.17) is 4.98 Å². The van der Waals surface area contributed by atoms with E-state index < -0.39 is 0 Å². The highest BCUT2D eigenvalue weighted by molar-refractivity contribution is 5.53. The van der Waals surface area contributed by atoms with Gasteiger partial charge >= 0.3 is 0 Å². The van der Waals surface area contributed by atoms with Crippen molar-refractivity contribution in [3.63, 3.8) is 0 Å². The Morgan fingerprint density at radius 1 is 1.08 bits per heavy atom. The minimum absolute atomic E-state index is 0.00615. The lowest BCUT2D eigenvalue weighted by Gasteiger charge is -2.34. The molecule has 0 amide bonds. The molecule has 1 aromatic carbocycles. The smallest absolute Gasteiger partial charge is 0.258 e. The van der Waals surface area contributed by atoms with Crippen LogP contribution in [0.1, 0.15) is 16.8 Å². The first-order chi connectivity index (χ1) is 12.6. The Morgan fingerprint density at radius 3 is 2.62 bits per heavy atom. The van der Waals surface area contributed by atoms with Crippen molar-refractivity contribution in [3.05, 3.63) is 75.8 Å². The van der Waals surface area contributed by atoms with E-state index in [1.165, 1.54) is 16.2 Å². The fraction of sp³-hybridized carbons (Fsp3) is 0.333. The van der Waals surface area contributed by atoms with Gasteiger partial charge in [0, 0.05) is 18.0 Å². The quantitative estimate of drug-likeness (QED) is 0.773. The summed E-state index contributed by atoms with van der Waals surface area (Å²) in [5.74, 6) is 0. The Kier molecular flexibility index (Phi) is 4.47. The molecular weight excluding hydrogens is 324 g/mol. The molecule has 1 aliphatic rings. The zero-order valence-corrected chi connectivity index (χ0v) is 15.4. The summed E-state index contributed by atoms with van der Waals surface area (Å²) in [7, 11) is 0. The number of para-hydroxylation sites is 1. The normalized spacial score (nSPS) is 15.5. The van der Waals surface area contributed by atoms with Gasteiger partial charge in [0.2, 0.25) is 0 Å². The predicted octanol–water partition coefficient (Wildman–Crippen LogP) is 1.22. The van der Waals surface area contributed by atoms with Crippen molar-refractivity contribution >= 4 is 11.3 Å². The number of aryl methyl sites for hydroxylation is 2. The van der Waals surface area contributed by atoms with Crippen LogP contribution in [0.25, 0.3) is 5.65 Å². The molecular formula is C21H25N4O+. The van der Waals surface area contributed by atoms with Crippen LogP contribution >= 0.6 is 0 Å². The number of nitrogens with one attached hydrogen (secondary N) is 1. The topological polar surface area (TPSA) is 42.0 Å². The van der Waals surface area contributed by atoms with Gasteiger partial charge in [-0.2, -0.15) is 0 Å². The highest BCUT2D eigenvalue weighted by Crippen LogP contribution is 2.18. The van der Waals surface area contributed by atoms with Crippen molar-refractivity contribution in [1.82, 2.24) is 9.38 Å². The third kappa shape index (κ3) is 3.35. The van der Waals surface area contributed by atoms with E-state index in [2.05, 4.69) is 36.1 Å². The maximum atomic E-state index is 12.4. The first kappa shape index (κ1) is 16.8. The second-order valence-electron chi connectivity index (χ2n) is 7.22. The van der Waals surface area contributed by atoms with Gasteiger partial charge in [-0.25, -0.2) is 4.98 Å². The molecule has 0 saturated carbocycles. The highest BCUT2D eigenvalue weighted by atomic mass is 16.1. The standard InChI is InChI=1S/C21H24N4O/c1-16-7-8-20-22-18(13-21(26)25(20)14-16)15-23-9-11-24(12-10-23)19-6-4-3-5-17(19)2/h3-8,13-14H,9-12,15H2,1-2H3/p+1. The van der Waals surface area contributed by atoms with Gasteiger partial charge in [-0.1, -0.05) is 24.3 Å². The van der Waals surface area contributed by atoms with E-state index in [1.54, 1.807) is 10.5 Å². The summed E-state index contributed by atoms with van der Waals surface area (Å²) < 4.78 is 1.63. The maximum absolute atomic E-state index is 12.4. The first-order valence-corrected chi connectivity index (χ1v) is 9.23. The van der Waals surface area contributed by atoms with Gasteiger partial charge in [-0.05, 0) is 37.1 Å². The molecule has 2 aromatic heterocycles. The Hall–Kier alpha value is -2.66. The van der Waals surface area contributed by atoms with E-state index in [9.17, 15) is 4.79 Å².